The lowest BCUT2D eigenvalue weighted by atomic mass is 9.96. The number of hydrogen-bond donors (Lipinski definition) is 1. The highest BCUT2D eigenvalue weighted by Gasteiger charge is 2.50. The maximum atomic E-state index is 11.2. The summed E-state index contributed by atoms with van der Waals surface area (Å²) in [5, 5.41) is 2.89. The average Bonchev–Trinajstić information content (AvgIpc) is 3.74. The van der Waals surface area contributed by atoms with E-state index < -0.39 is 0 Å². The number of anilines is 1. The third-order valence-corrected chi connectivity index (χ3v) is 7.34. The lowest BCUT2D eigenvalue weighted by molar-refractivity contribution is -0.121. The summed E-state index contributed by atoms with van der Waals surface area (Å²) in [5.41, 5.74) is 4.59. The Morgan fingerprint density at radius 1 is 0.976 bits per heavy atom. The topological polar surface area (TPSA) is 68.2 Å². The first-order valence-corrected chi connectivity index (χ1v) is 16.4. The molecule has 5 nitrogen and oxygen atoms in total. The number of ketones is 1. The molecule has 4 rings (SSSR count). The lowest BCUT2D eigenvalue weighted by Gasteiger charge is -2.10. The van der Waals surface area contributed by atoms with E-state index in [1.165, 1.54) is 37.7 Å². The van der Waals surface area contributed by atoms with Crippen molar-refractivity contribution in [2.24, 2.45) is 11.8 Å². The van der Waals surface area contributed by atoms with Crippen molar-refractivity contribution >= 4 is 33.6 Å². The predicted molar refractivity (Wildman–Crippen MR) is 183 cm³/mol. The third-order valence-electron chi connectivity index (χ3n) is 7.34. The van der Waals surface area contributed by atoms with Crippen LogP contribution in [0.15, 0.2) is 48.5 Å². The van der Waals surface area contributed by atoms with Gasteiger partial charge in [0.2, 0.25) is 18.1 Å². The number of hydrogen-bond acceptors (Lipinski definition) is 3. The predicted octanol–water partition coefficient (Wildman–Crippen LogP) is 9.72. The number of carbonyl (C=O) groups is 2. The maximum Gasteiger partial charge on any atom is 0.228 e. The van der Waals surface area contributed by atoms with Crippen LogP contribution in [0.1, 0.15) is 110 Å². The molecular weight excluding hydrogens is 590 g/mol. The molecule has 42 heavy (non-hydrogen) atoms. The highest BCUT2D eigenvalue weighted by molar-refractivity contribution is 9.06. The number of aryl methyl sites for hydroxylation is 3. The number of amides is 1. The van der Waals surface area contributed by atoms with E-state index in [4.69, 9.17) is 0 Å². The second kappa shape index (κ2) is 24.4. The van der Waals surface area contributed by atoms with Crippen LogP contribution in [0.25, 0.3) is 0 Å². The van der Waals surface area contributed by atoms with Crippen molar-refractivity contribution in [2.75, 3.05) is 12.4 Å². The molecular formula is C36H59BrNO4+. The molecule has 2 aromatic carbocycles. The molecule has 0 spiro atoms. The second-order valence-electron chi connectivity index (χ2n) is 11.5. The van der Waals surface area contributed by atoms with Crippen LogP contribution in [0.5, 0.6) is 0 Å². The van der Waals surface area contributed by atoms with Crippen LogP contribution in [0, 0.1) is 25.7 Å². The fourth-order valence-electron chi connectivity index (χ4n) is 4.60. The molecule has 1 saturated carbocycles. The number of benzene rings is 2. The number of para-hydroxylation sites is 1. The van der Waals surface area contributed by atoms with Gasteiger partial charge in [0.05, 0.1) is 23.4 Å². The summed E-state index contributed by atoms with van der Waals surface area (Å²) < 4.78 is 8.46. The van der Waals surface area contributed by atoms with Crippen LogP contribution in [0.2, 0.25) is 0 Å². The molecule has 3 atom stereocenters. The number of halogens is 1. The van der Waals surface area contributed by atoms with Gasteiger partial charge in [0.25, 0.3) is 0 Å². The SMILES string of the molecule is CC(=O)C1CCCC2[OH+]C2C1.CCC(=O)Nc1c(C)cccc1C.CCCCC(C)C.CCc1ccccc1.COBr. The first-order chi connectivity index (χ1) is 20.0. The Balaban J connectivity index is 0.000000530. The summed E-state index contributed by atoms with van der Waals surface area (Å²) in [6.07, 6.45) is 11.6. The molecule has 0 aromatic heterocycles. The highest BCUT2D eigenvalue weighted by Crippen LogP contribution is 2.35. The molecule has 6 heteroatoms. The molecule has 1 amide bonds. The van der Waals surface area contributed by atoms with Gasteiger partial charge in [-0.2, -0.15) is 0 Å². The number of rotatable bonds is 7. The van der Waals surface area contributed by atoms with Crippen LogP contribution in [0.3, 0.4) is 0 Å². The average molecular weight is 650 g/mol. The molecule has 1 aliphatic carbocycles. The van der Waals surface area contributed by atoms with Crippen LogP contribution < -0.4 is 5.32 Å². The zero-order chi connectivity index (χ0) is 31.9. The van der Waals surface area contributed by atoms with E-state index >= 15 is 0 Å². The van der Waals surface area contributed by atoms with E-state index in [2.05, 4.69) is 82.1 Å². The first-order valence-electron chi connectivity index (χ1n) is 15.8. The van der Waals surface area contributed by atoms with Gasteiger partial charge in [-0.1, -0.05) is 102 Å². The van der Waals surface area contributed by atoms with E-state index in [9.17, 15) is 9.59 Å². The van der Waals surface area contributed by atoms with Gasteiger partial charge in [-0.3, -0.25) is 9.59 Å². The Hall–Kier alpha value is -2.02. The van der Waals surface area contributed by atoms with Crippen LogP contribution in [0.4, 0.5) is 5.69 Å². The van der Waals surface area contributed by atoms with Crippen molar-refractivity contribution in [3.63, 3.8) is 0 Å². The van der Waals surface area contributed by atoms with Gasteiger partial charge in [-0.25, -0.2) is 0 Å². The minimum Gasteiger partial charge on any atom is -0.417 e. The molecule has 238 valence electrons. The zero-order valence-electron chi connectivity index (χ0n) is 27.8. The molecule has 1 saturated heterocycles. The number of carbonyl (C=O) groups excluding carboxylic acids is 2. The van der Waals surface area contributed by atoms with Crippen molar-refractivity contribution in [3.05, 3.63) is 65.2 Å². The zero-order valence-corrected chi connectivity index (χ0v) is 29.4. The molecule has 1 heterocycles. The van der Waals surface area contributed by atoms with Crippen LogP contribution >= 0.6 is 16.3 Å². The van der Waals surface area contributed by atoms with Gasteiger partial charge in [0.15, 0.2) is 0 Å². The monoisotopic (exact) mass is 648 g/mol. The van der Waals surface area contributed by atoms with E-state index in [0.29, 0.717) is 30.3 Å². The van der Waals surface area contributed by atoms with Crippen molar-refractivity contribution < 1.29 is 18.2 Å². The standard InChI is InChI=1S/C11H15NO.C9H14O2.C8H10.C7H16.CH3BrO/c1-4-10(13)12-11-8(2)6-5-7-9(11)3;1-6(10)7-3-2-4-8-9(5-7)11-8;1-2-8-6-4-3-5-7-8;1-4-5-6-7(2)3;1-3-2/h5-7H,4H2,1-3H3,(H,12,13);7-9H,2-5H2,1H3;3-7H,2H2,1H3;7H,4-6H2,1-3H3;1H3/p+1. The minimum atomic E-state index is 0.0670. The number of fused-ring (bicyclic) bond motifs is 1. The first kappa shape index (κ1) is 40.0. The summed E-state index contributed by atoms with van der Waals surface area (Å²) in [6.45, 7) is 16.5. The Morgan fingerprint density at radius 3 is 2.00 bits per heavy atom. The van der Waals surface area contributed by atoms with Gasteiger partial charge >= 0.3 is 0 Å². The molecule has 3 unspecified atom stereocenters. The number of epoxide rings is 1. The Labute approximate surface area is 266 Å². The van der Waals surface area contributed by atoms with E-state index in [-0.39, 0.29) is 5.91 Å². The van der Waals surface area contributed by atoms with Crippen molar-refractivity contribution in [3.8, 4) is 0 Å². The quantitative estimate of drug-likeness (QED) is 0.240. The minimum absolute atomic E-state index is 0.0670. The molecule has 2 aliphatic rings. The fraction of sp³-hybridized carbons (Fsp3) is 0.611. The maximum absolute atomic E-state index is 11.2. The molecule has 2 fully saturated rings. The Kier molecular flexibility index (Phi) is 23.3. The van der Waals surface area contributed by atoms with E-state index in [0.717, 1.165) is 42.0 Å². The van der Waals surface area contributed by atoms with Crippen molar-refractivity contribution in [1.82, 2.24) is 0 Å². The molecule has 2 N–H and O–H groups in total. The number of unbranched alkanes of at least 4 members (excludes halogenated alkanes) is 1. The number of nitrogens with one attached hydrogen (secondary N) is 1. The highest BCUT2D eigenvalue weighted by atomic mass is 79.9. The second-order valence-corrected chi connectivity index (χ2v) is 12.1. The summed E-state index contributed by atoms with van der Waals surface area (Å²) in [4.78, 5) is 22.2. The number of aliphatic hydroxyl groups is 2. The van der Waals surface area contributed by atoms with Crippen molar-refractivity contribution in [2.45, 2.75) is 125 Å². The summed E-state index contributed by atoms with van der Waals surface area (Å²) >= 11 is 2.65. The summed E-state index contributed by atoms with van der Waals surface area (Å²) in [5.74, 6) is 1.67. The summed E-state index contributed by atoms with van der Waals surface area (Å²) in [6, 6.07) is 16.4. The van der Waals surface area contributed by atoms with E-state index in [1.807, 2.05) is 45.0 Å². The van der Waals surface area contributed by atoms with Crippen LogP contribution in [-0.2, 0) is 19.8 Å². The molecule has 1 aliphatic heterocycles. The number of ether oxygens (including phenoxy) is 1. The normalized spacial score (nSPS) is 18.0. The fourth-order valence-corrected chi connectivity index (χ4v) is 4.60. The number of Topliss-reactive ketones (excluding diaryl/α,β-unsaturated/α-hetero) is 1. The van der Waals surface area contributed by atoms with Gasteiger partial charge < -0.3 is 13.9 Å². The van der Waals surface area contributed by atoms with Gasteiger partial charge in [0, 0.05) is 30.9 Å². The molecule has 0 bridgehead atoms. The van der Waals surface area contributed by atoms with Gasteiger partial charge in [0.1, 0.15) is 5.78 Å². The van der Waals surface area contributed by atoms with Gasteiger partial charge in [-0.15, -0.1) is 0 Å². The van der Waals surface area contributed by atoms with Gasteiger partial charge in [-0.05, 0) is 62.6 Å². The third kappa shape index (κ3) is 19.2. The van der Waals surface area contributed by atoms with E-state index in [1.54, 1.807) is 14.0 Å². The Bertz CT molecular complexity index is 959. The molecule has 2 aromatic rings. The lowest BCUT2D eigenvalue weighted by Crippen LogP contribution is -2.12. The molecule has 0 radical (unpaired) electrons. The Morgan fingerprint density at radius 2 is 1.57 bits per heavy atom. The smallest absolute Gasteiger partial charge is 0.228 e. The van der Waals surface area contributed by atoms with Crippen molar-refractivity contribution in [1.29, 1.82) is 0 Å². The largest absolute Gasteiger partial charge is 0.417 e. The van der Waals surface area contributed by atoms with Crippen LogP contribution in [-0.4, -0.2) is 35.7 Å². The summed E-state index contributed by atoms with van der Waals surface area (Å²) in [7, 11) is 1.54.